The molecule has 0 bridgehead atoms. The van der Waals surface area contributed by atoms with E-state index in [1.165, 1.54) is 0 Å². The summed E-state index contributed by atoms with van der Waals surface area (Å²) in [5, 5.41) is 13.4. The highest BCUT2D eigenvalue weighted by Crippen LogP contribution is 2.25. The van der Waals surface area contributed by atoms with Crippen molar-refractivity contribution in [1.29, 1.82) is 0 Å². The molecule has 6 nitrogen and oxygen atoms in total. The second-order valence-corrected chi connectivity index (χ2v) is 6.54. The van der Waals surface area contributed by atoms with E-state index in [4.69, 9.17) is 9.84 Å². The molecule has 0 spiro atoms. The molecule has 1 fully saturated rings. The van der Waals surface area contributed by atoms with Gasteiger partial charge in [-0.05, 0) is 46.1 Å². The van der Waals surface area contributed by atoms with Gasteiger partial charge in [0.2, 0.25) is 0 Å². The Morgan fingerprint density at radius 3 is 2.86 bits per heavy atom. The summed E-state index contributed by atoms with van der Waals surface area (Å²) in [7, 11) is 0. The van der Waals surface area contributed by atoms with Crippen molar-refractivity contribution in [3.05, 3.63) is 17.5 Å². The third-order valence-corrected chi connectivity index (χ3v) is 3.69. The number of carbonyl (C=O) groups excluding carboxylic acids is 1. The number of aliphatic hydroxyl groups is 1. The third kappa shape index (κ3) is 3.75. The lowest BCUT2D eigenvalue weighted by Gasteiger charge is -2.24. The van der Waals surface area contributed by atoms with Gasteiger partial charge in [-0.3, -0.25) is 4.68 Å². The highest BCUT2D eigenvalue weighted by atomic mass is 16.6. The standard InChI is InChI=1S/C15H25N3O3/c1-11-12(6-8-19)9-16-18(11)13-5-7-17(10-13)14(20)21-15(2,3)4/h9,13,19H,5-8,10H2,1-4H3. The summed E-state index contributed by atoms with van der Waals surface area (Å²) in [6.07, 6.45) is 3.04. The van der Waals surface area contributed by atoms with Crippen molar-refractivity contribution in [3.63, 3.8) is 0 Å². The van der Waals surface area contributed by atoms with E-state index in [0.717, 1.165) is 17.7 Å². The van der Waals surface area contributed by atoms with Crippen LogP contribution in [0.1, 0.15) is 44.5 Å². The first-order valence-corrected chi connectivity index (χ1v) is 7.43. The number of ether oxygens (including phenoxy) is 1. The van der Waals surface area contributed by atoms with Gasteiger partial charge in [-0.25, -0.2) is 4.79 Å². The molecule has 1 amide bonds. The molecule has 1 atom stereocenters. The smallest absolute Gasteiger partial charge is 0.410 e. The molecule has 1 aliphatic rings. The van der Waals surface area contributed by atoms with Crippen LogP contribution in [0.2, 0.25) is 0 Å². The second kappa shape index (κ2) is 6.05. The van der Waals surface area contributed by atoms with Gasteiger partial charge in [-0.2, -0.15) is 5.10 Å². The van der Waals surface area contributed by atoms with Crippen molar-refractivity contribution < 1.29 is 14.6 Å². The maximum atomic E-state index is 12.1. The van der Waals surface area contributed by atoms with Gasteiger partial charge in [0, 0.05) is 25.4 Å². The molecule has 2 heterocycles. The normalized spacial score (nSPS) is 19.1. The first-order chi connectivity index (χ1) is 9.81. The van der Waals surface area contributed by atoms with Crippen molar-refractivity contribution in [2.24, 2.45) is 0 Å². The lowest BCUT2D eigenvalue weighted by atomic mass is 10.2. The molecule has 1 aromatic heterocycles. The summed E-state index contributed by atoms with van der Waals surface area (Å²) in [5.74, 6) is 0. The summed E-state index contributed by atoms with van der Waals surface area (Å²) in [5.41, 5.74) is 1.67. The van der Waals surface area contributed by atoms with Crippen LogP contribution in [0.3, 0.4) is 0 Å². The van der Waals surface area contributed by atoms with Crippen LogP contribution in [0, 0.1) is 6.92 Å². The zero-order valence-electron chi connectivity index (χ0n) is 13.3. The van der Waals surface area contributed by atoms with Gasteiger partial charge in [-0.1, -0.05) is 0 Å². The van der Waals surface area contributed by atoms with Crippen molar-refractivity contribution in [2.45, 2.75) is 52.2 Å². The summed E-state index contributed by atoms with van der Waals surface area (Å²) in [6.45, 7) is 9.06. The van der Waals surface area contributed by atoms with E-state index >= 15 is 0 Å². The third-order valence-electron chi connectivity index (χ3n) is 3.69. The van der Waals surface area contributed by atoms with Crippen LogP contribution in [-0.4, -0.2) is 51.2 Å². The highest BCUT2D eigenvalue weighted by molar-refractivity contribution is 5.68. The van der Waals surface area contributed by atoms with E-state index in [0.29, 0.717) is 19.5 Å². The topological polar surface area (TPSA) is 67.6 Å². The molecule has 0 aromatic carbocycles. The maximum Gasteiger partial charge on any atom is 0.410 e. The van der Waals surface area contributed by atoms with Gasteiger partial charge in [0.25, 0.3) is 0 Å². The van der Waals surface area contributed by atoms with Crippen LogP contribution in [0.4, 0.5) is 4.79 Å². The fraction of sp³-hybridized carbons (Fsp3) is 0.733. The van der Waals surface area contributed by atoms with Crippen molar-refractivity contribution >= 4 is 6.09 Å². The Balaban J connectivity index is 2.01. The lowest BCUT2D eigenvalue weighted by molar-refractivity contribution is 0.0288. The van der Waals surface area contributed by atoms with E-state index in [2.05, 4.69) is 5.10 Å². The van der Waals surface area contributed by atoms with Crippen molar-refractivity contribution in [1.82, 2.24) is 14.7 Å². The van der Waals surface area contributed by atoms with Crippen LogP contribution >= 0.6 is 0 Å². The largest absolute Gasteiger partial charge is 0.444 e. The summed E-state index contributed by atoms with van der Waals surface area (Å²) >= 11 is 0. The van der Waals surface area contributed by atoms with Gasteiger partial charge in [0.15, 0.2) is 0 Å². The molecule has 1 aliphatic heterocycles. The van der Waals surface area contributed by atoms with Gasteiger partial charge < -0.3 is 14.7 Å². The van der Waals surface area contributed by atoms with Crippen molar-refractivity contribution in [3.8, 4) is 0 Å². The molecule has 118 valence electrons. The monoisotopic (exact) mass is 295 g/mol. The van der Waals surface area contributed by atoms with Crippen LogP contribution in [0.25, 0.3) is 0 Å². The average molecular weight is 295 g/mol. The Morgan fingerprint density at radius 2 is 2.24 bits per heavy atom. The highest BCUT2D eigenvalue weighted by Gasteiger charge is 2.31. The van der Waals surface area contributed by atoms with E-state index in [1.54, 1.807) is 4.90 Å². The van der Waals surface area contributed by atoms with Gasteiger partial charge in [0.05, 0.1) is 12.2 Å². The Kier molecular flexibility index (Phi) is 4.56. The number of carbonyl (C=O) groups is 1. The van der Waals surface area contributed by atoms with Crippen LogP contribution < -0.4 is 0 Å². The quantitative estimate of drug-likeness (QED) is 0.925. The Bertz CT molecular complexity index is 505. The molecule has 1 N–H and O–H groups in total. The number of hydrogen-bond acceptors (Lipinski definition) is 4. The molecule has 1 saturated heterocycles. The Hall–Kier alpha value is -1.56. The molecule has 0 radical (unpaired) electrons. The minimum absolute atomic E-state index is 0.126. The lowest BCUT2D eigenvalue weighted by Crippen LogP contribution is -2.35. The van der Waals surface area contributed by atoms with Gasteiger partial charge >= 0.3 is 6.09 Å². The molecule has 2 rings (SSSR count). The first-order valence-electron chi connectivity index (χ1n) is 7.43. The molecule has 1 aromatic rings. The fourth-order valence-electron chi connectivity index (χ4n) is 2.63. The summed E-state index contributed by atoms with van der Waals surface area (Å²) < 4.78 is 7.37. The van der Waals surface area contributed by atoms with E-state index in [9.17, 15) is 4.79 Å². The Labute approximate surface area is 125 Å². The zero-order valence-corrected chi connectivity index (χ0v) is 13.3. The van der Waals surface area contributed by atoms with E-state index < -0.39 is 5.60 Å². The number of aromatic nitrogens is 2. The molecule has 1 unspecified atom stereocenters. The van der Waals surface area contributed by atoms with E-state index in [-0.39, 0.29) is 18.7 Å². The summed E-state index contributed by atoms with van der Waals surface area (Å²) in [6, 6.07) is 0.185. The van der Waals surface area contributed by atoms with Gasteiger partial charge in [0.1, 0.15) is 5.60 Å². The number of nitrogens with zero attached hydrogens (tertiary/aromatic N) is 3. The first kappa shape index (κ1) is 15.8. The number of hydrogen-bond donors (Lipinski definition) is 1. The predicted octanol–water partition coefficient (Wildman–Crippen LogP) is 1.91. The molecule has 6 heteroatoms. The molecule has 0 aliphatic carbocycles. The van der Waals surface area contributed by atoms with Crippen LogP contribution in [0.15, 0.2) is 6.20 Å². The number of rotatable bonds is 3. The minimum Gasteiger partial charge on any atom is -0.444 e. The van der Waals surface area contributed by atoms with Gasteiger partial charge in [-0.15, -0.1) is 0 Å². The number of likely N-dealkylation sites (tertiary alicyclic amines) is 1. The Morgan fingerprint density at radius 1 is 1.52 bits per heavy atom. The van der Waals surface area contributed by atoms with Crippen LogP contribution in [0.5, 0.6) is 0 Å². The molecular weight excluding hydrogens is 270 g/mol. The molecule has 21 heavy (non-hydrogen) atoms. The molecule has 0 saturated carbocycles. The second-order valence-electron chi connectivity index (χ2n) is 6.54. The SMILES string of the molecule is Cc1c(CCO)cnn1C1CCN(C(=O)OC(C)(C)C)C1. The zero-order chi connectivity index (χ0) is 15.6. The predicted molar refractivity (Wildman–Crippen MR) is 79.2 cm³/mol. The minimum atomic E-state index is -0.467. The van der Waals surface area contributed by atoms with Crippen molar-refractivity contribution in [2.75, 3.05) is 19.7 Å². The number of amides is 1. The average Bonchev–Trinajstić information content (AvgIpc) is 2.96. The molecular formula is C15H25N3O3. The fourth-order valence-corrected chi connectivity index (χ4v) is 2.63. The maximum absolute atomic E-state index is 12.1. The summed E-state index contributed by atoms with van der Waals surface area (Å²) in [4.78, 5) is 13.8. The van der Waals surface area contributed by atoms with E-state index in [1.807, 2.05) is 38.6 Å². The number of aliphatic hydroxyl groups excluding tert-OH is 1. The van der Waals surface area contributed by atoms with Crippen LogP contribution in [-0.2, 0) is 11.2 Å².